The van der Waals surface area contributed by atoms with E-state index in [4.69, 9.17) is 11.6 Å². The summed E-state index contributed by atoms with van der Waals surface area (Å²) in [5.41, 5.74) is 1.24. The molecule has 5 aliphatic rings. The molecule has 0 spiro atoms. The van der Waals surface area contributed by atoms with Gasteiger partial charge in [0.2, 0.25) is 0 Å². The van der Waals surface area contributed by atoms with E-state index >= 15 is 0 Å². The van der Waals surface area contributed by atoms with E-state index in [1.807, 2.05) is 6.08 Å². The highest BCUT2D eigenvalue weighted by atomic mass is 35.5. The minimum absolute atomic E-state index is 0.131. The fourth-order valence-electron chi connectivity index (χ4n) is 5.68. The average molecular weight is 328 g/mol. The highest BCUT2D eigenvalue weighted by molar-refractivity contribution is 6.23. The van der Waals surface area contributed by atoms with E-state index in [-0.39, 0.29) is 5.38 Å². The quantitative estimate of drug-likeness (QED) is 0.654. The number of rotatable bonds is 2. The first-order chi connectivity index (χ1) is 11.2. The maximum atomic E-state index is 6.77. The Morgan fingerprint density at radius 2 is 1.83 bits per heavy atom. The third-order valence-corrected chi connectivity index (χ3v) is 7.01. The number of halogens is 1. The molecule has 4 heteroatoms. The Balaban J connectivity index is 1.60. The minimum atomic E-state index is -0.402. The molecule has 1 heterocycles. The Kier molecular flexibility index (Phi) is 3.09. The molecule has 4 fully saturated rings. The van der Waals surface area contributed by atoms with E-state index in [9.17, 15) is 0 Å². The number of hydrogen-bond donors (Lipinski definition) is 1. The molecule has 4 saturated carbocycles. The van der Waals surface area contributed by atoms with Gasteiger partial charge in [0, 0.05) is 0 Å². The number of nitrogens with one attached hydrogen (secondary N) is 1. The van der Waals surface area contributed by atoms with E-state index in [1.165, 1.54) is 32.1 Å². The van der Waals surface area contributed by atoms with Gasteiger partial charge in [-0.1, -0.05) is 36.0 Å². The highest BCUT2D eigenvalue weighted by Gasteiger charge is 2.47. The topological polar surface area (TPSA) is 41.6 Å². The van der Waals surface area contributed by atoms with E-state index in [1.54, 1.807) is 11.9 Å². The lowest BCUT2D eigenvalue weighted by Crippen LogP contribution is -2.42. The van der Waals surface area contributed by atoms with Crippen LogP contribution >= 0.6 is 11.6 Å². The van der Waals surface area contributed by atoms with Crippen molar-refractivity contribution in [3.8, 4) is 0 Å². The van der Waals surface area contributed by atoms with Gasteiger partial charge < -0.3 is 0 Å². The molecule has 0 aromatic carbocycles. The fourth-order valence-corrected chi connectivity index (χ4v) is 5.99. The molecule has 6 rings (SSSR count). The normalized spacial score (nSPS) is 44.0. The van der Waals surface area contributed by atoms with Gasteiger partial charge in [-0.2, -0.15) is 5.10 Å². The van der Waals surface area contributed by atoms with Crippen molar-refractivity contribution < 1.29 is 0 Å². The Bertz CT molecular complexity index is 657. The van der Waals surface area contributed by atoms with Crippen molar-refractivity contribution in [2.24, 2.45) is 23.7 Å². The first-order valence-electron chi connectivity index (χ1n) is 8.83. The van der Waals surface area contributed by atoms with Crippen LogP contribution in [0.1, 0.15) is 37.9 Å². The van der Waals surface area contributed by atoms with Crippen LogP contribution in [0.3, 0.4) is 0 Å². The van der Waals surface area contributed by atoms with Crippen molar-refractivity contribution in [2.75, 3.05) is 0 Å². The van der Waals surface area contributed by atoms with Crippen LogP contribution in [-0.4, -0.2) is 20.6 Å². The molecular formula is C19H22ClN3. The van der Waals surface area contributed by atoms with Crippen LogP contribution in [0, 0.1) is 23.7 Å². The monoisotopic (exact) mass is 327 g/mol. The van der Waals surface area contributed by atoms with Crippen LogP contribution in [0.4, 0.5) is 0 Å². The van der Waals surface area contributed by atoms with Crippen LogP contribution < -0.4 is 0 Å². The van der Waals surface area contributed by atoms with Gasteiger partial charge in [0.05, 0.1) is 10.8 Å². The van der Waals surface area contributed by atoms with Crippen molar-refractivity contribution in [1.29, 1.82) is 0 Å². The number of aromatic nitrogens is 3. The van der Waals surface area contributed by atoms with Gasteiger partial charge in [0.1, 0.15) is 6.33 Å². The van der Waals surface area contributed by atoms with E-state index < -0.39 is 5.41 Å². The maximum Gasteiger partial charge on any atom is 0.165 e. The highest BCUT2D eigenvalue weighted by Crippen LogP contribution is 2.57. The molecule has 0 radical (unpaired) electrons. The number of aromatic amines is 1. The summed E-state index contributed by atoms with van der Waals surface area (Å²) >= 11 is 6.77. The molecule has 2 atom stereocenters. The summed E-state index contributed by atoms with van der Waals surface area (Å²) in [4.78, 5) is 4.46. The largest absolute Gasteiger partial charge is 0.266 e. The summed E-state index contributed by atoms with van der Waals surface area (Å²) in [7, 11) is 0. The third-order valence-electron chi connectivity index (χ3n) is 6.51. The molecule has 0 aliphatic heterocycles. The standard InChI is InChI=1S/C19H22ClN3/c20-17-3-1-2-4-19(17,18-21-11-22-23-18)10-16-14-6-12-5-13(8-14)9-15(16)7-12/h1-4,10-15,17H,5-9H2,(H,21,22,23). The number of alkyl halides is 1. The van der Waals surface area contributed by atoms with Crippen LogP contribution in [0.5, 0.6) is 0 Å². The van der Waals surface area contributed by atoms with Gasteiger partial charge in [-0.05, 0) is 55.8 Å². The smallest absolute Gasteiger partial charge is 0.165 e. The average Bonchev–Trinajstić information content (AvgIpc) is 3.07. The summed E-state index contributed by atoms with van der Waals surface area (Å²) in [6.07, 6.45) is 19.5. The van der Waals surface area contributed by atoms with Gasteiger partial charge in [0.25, 0.3) is 0 Å². The lowest BCUT2D eigenvalue weighted by molar-refractivity contribution is 0.0687. The number of H-pyrrole nitrogens is 1. The molecule has 5 aliphatic carbocycles. The molecule has 120 valence electrons. The number of hydrogen-bond acceptors (Lipinski definition) is 2. The second-order valence-corrected chi connectivity index (χ2v) is 8.32. The Labute approximate surface area is 141 Å². The lowest BCUT2D eigenvalue weighted by Gasteiger charge is -2.52. The van der Waals surface area contributed by atoms with Gasteiger partial charge in [-0.25, -0.2) is 4.98 Å². The number of nitrogens with zero attached hydrogens (tertiary/aromatic N) is 2. The van der Waals surface area contributed by atoms with Gasteiger partial charge in [-0.3, -0.25) is 5.10 Å². The maximum absolute atomic E-state index is 6.77. The first-order valence-corrected chi connectivity index (χ1v) is 9.27. The Morgan fingerprint density at radius 3 is 2.43 bits per heavy atom. The summed E-state index contributed by atoms with van der Waals surface area (Å²) < 4.78 is 0. The van der Waals surface area contributed by atoms with Crippen molar-refractivity contribution in [3.05, 3.63) is 48.1 Å². The van der Waals surface area contributed by atoms with Crippen LogP contribution in [0.2, 0.25) is 0 Å². The molecule has 23 heavy (non-hydrogen) atoms. The molecule has 4 bridgehead atoms. The molecule has 1 aromatic rings. The van der Waals surface area contributed by atoms with E-state index in [2.05, 4.69) is 39.5 Å². The van der Waals surface area contributed by atoms with Gasteiger partial charge in [-0.15, -0.1) is 11.6 Å². The van der Waals surface area contributed by atoms with Crippen molar-refractivity contribution >= 4 is 11.6 Å². The molecule has 0 amide bonds. The fraction of sp³-hybridized carbons (Fsp3) is 0.579. The molecule has 1 N–H and O–H groups in total. The third kappa shape index (κ3) is 2.09. The summed E-state index contributed by atoms with van der Waals surface area (Å²) in [6, 6.07) is 0. The predicted molar refractivity (Wildman–Crippen MR) is 91.1 cm³/mol. The molecule has 1 aromatic heterocycles. The second kappa shape index (κ2) is 5.07. The predicted octanol–water partition coefficient (Wildman–Crippen LogP) is 4.16. The molecule has 2 unspecified atom stereocenters. The summed E-state index contributed by atoms with van der Waals surface area (Å²) in [6.45, 7) is 0. The Morgan fingerprint density at radius 1 is 1.09 bits per heavy atom. The van der Waals surface area contributed by atoms with Crippen molar-refractivity contribution in [2.45, 2.75) is 42.9 Å². The minimum Gasteiger partial charge on any atom is -0.266 e. The van der Waals surface area contributed by atoms with Crippen LogP contribution in [0.25, 0.3) is 0 Å². The summed E-state index contributed by atoms with van der Waals surface area (Å²) in [5, 5.41) is 7.13. The van der Waals surface area contributed by atoms with Gasteiger partial charge >= 0.3 is 0 Å². The van der Waals surface area contributed by atoms with E-state index in [0.717, 1.165) is 29.5 Å². The molecular weight excluding hydrogens is 306 g/mol. The first kappa shape index (κ1) is 14.0. The van der Waals surface area contributed by atoms with Gasteiger partial charge in [0.15, 0.2) is 5.82 Å². The van der Waals surface area contributed by atoms with E-state index in [0.29, 0.717) is 0 Å². The SMILES string of the molecule is ClC1C=CC=CC1(C=C1C2CC3CC(C2)CC1C3)c1nc[nH]n1. The summed E-state index contributed by atoms with van der Waals surface area (Å²) in [5.74, 6) is 4.28. The van der Waals surface area contributed by atoms with Crippen molar-refractivity contribution in [3.63, 3.8) is 0 Å². The second-order valence-electron chi connectivity index (χ2n) is 7.85. The zero-order chi connectivity index (χ0) is 15.4. The zero-order valence-electron chi connectivity index (χ0n) is 13.2. The zero-order valence-corrected chi connectivity index (χ0v) is 13.9. The molecule has 0 saturated heterocycles. The molecule has 3 nitrogen and oxygen atoms in total. The number of allylic oxidation sites excluding steroid dienone is 6. The van der Waals surface area contributed by atoms with Crippen LogP contribution in [-0.2, 0) is 5.41 Å². The van der Waals surface area contributed by atoms with Crippen LogP contribution in [0.15, 0.2) is 42.3 Å². The van der Waals surface area contributed by atoms with Crippen molar-refractivity contribution in [1.82, 2.24) is 15.2 Å². The Hall–Kier alpha value is -1.35. The lowest BCUT2D eigenvalue weighted by atomic mass is 9.53.